The van der Waals surface area contributed by atoms with Crippen molar-refractivity contribution in [2.75, 3.05) is 46.0 Å². The lowest BCUT2D eigenvalue weighted by Crippen LogP contribution is -3.14. The van der Waals surface area contributed by atoms with E-state index in [0.717, 1.165) is 57.1 Å². The predicted molar refractivity (Wildman–Crippen MR) is 89.2 cm³/mol. The Kier molecular flexibility index (Phi) is 7.40. The van der Waals surface area contributed by atoms with E-state index < -0.39 is 17.6 Å². The van der Waals surface area contributed by atoms with Gasteiger partial charge in [-0.1, -0.05) is 0 Å². The smallest absolute Gasteiger partial charge is 0.416 e. The molecule has 1 fully saturated rings. The number of alkyl halides is 3. The second kappa shape index (κ2) is 9.54. The third-order valence-corrected chi connectivity index (χ3v) is 3.90. The molecule has 0 bridgehead atoms. The number of halogens is 3. The molecule has 1 aromatic rings. The first kappa shape index (κ1) is 20.2. The number of quaternary nitrogens is 1. The maximum atomic E-state index is 12.6. The number of amidine groups is 1. The molecule has 1 aliphatic rings. The van der Waals surface area contributed by atoms with Gasteiger partial charge < -0.3 is 14.4 Å². The fourth-order valence-electron chi connectivity index (χ4n) is 2.46. The first-order valence-electron chi connectivity index (χ1n) is 8.47. The number of carbonyl (C=O) groups is 1. The Bertz CT molecular complexity index is 612. The zero-order valence-electron chi connectivity index (χ0n) is 14.6. The molecular weight excluding hydrogens is 351 g/mol. The van der Waals surface area contributed by atoms with E-state index in [1.165, 1.54) is 4.90 Å². The molecule has 26 heavy (non-hydrogen) atoms. The largest absolute Gasteiger partial charge is 0.465 e. The van der Waals surface area contributed by atoms with Gasteiger partial charge in [0.1, 0.15) is 13.1 Å². The van der Waals surface area contributed by atoms with Crippen LogP contribution in [0.5, 0.6) is 0 Å². The van der Waals surface area contributed by atoms with Crippen LogP contribution in [0.4, 0.5) is 13.2 Å². The van der Waals surface area contributed by atoms with Gasteiger partial charge in [-0.15, -0.1) is 0 Å². The van der Waals surface area contributed by atoms with Crippen molar-refractivity contribution in [2.45, 2.75) is 13.1 Å². The average Bonchev–Trinajstić information content (AvgIpc) is 2.62. The molecule has 1 heterocycles. The van der Waals surface area contributed by atoms with Crippen LogP contribution in [0, 0.1) is 0 Å². The lowest BCUT2D eigenvalue weighted by Gasteiger charge is -2.23. The summed E-state index contributed by atoms with van der Waals surface area (Å²) in [5.74, 6) is -0.565. The molecule has 1 amide bonds. The van der Waals surface area contributed by atoms with Crippen molar-refractivity contribution >= 4 is 11.9 Å². The van der Waals surface area contributed by atoms with Crippen LogP contribution in [0.15, 0.2) is 29.3 Å². The van der Waals surface area contributed by atoms with Crippen molar-refractivity contribution in [1.29, 1.82) is 0 Å². The highest BCUT2D eigenvalue weighted by Crippen LogP contribution is 2.29. The van der Waals surface area contributed by atoms with E-state index in [1.54, 1.807) is 6.92 Å². The summed E-state index contributed by atoms with van der Waals surface area (Å²) >= 11 is 0. The molecule has 144 valence electrons. The van der Waals surface area contributed by atoms with E-state index in [1.807, 2.05) is 0 Å². The van der Waals surface area contributed by atoms with E-state index in [0.29, 0.717) is 13.2 Å². The van der Waals surface area contributed by atoms with Crippen molar-refractivity contribution in [2.24, 2.45) is 4.99 Å². The van der Waals surface area contributed by atoms with Crippen LogP contribution in [0.1, 0.15) is 22.8 Å². The van der Waals surface area contributed by atoms with Crippen LogP contribution >= 0.6 is 0 Å². The number of hydrogen-bond donors (Lipinski definition) is 2. The third kappa shape index (κ3) is 6.30. The second-order valence-electron chi connectivity index (χ2n) is 5.76. The molecule has 6 nitrogen and oxygen atoms in total. The SMILES string of the molecule is CCOC(=NCC[NH+]1CCOCC1)NC(=O)c1ccc(C(F)(F)F)cc1. The lowest BCUT2D eigenvalue weighted by atomic mass is 10.1. The standard InChI is InChI=1S/C17H22F3N3O3/c1-2-26-16(21-7-8-23-9-11-25-12-10-23)22-15(24)13-3-5-14(6-4-13)17(18,19)20/h3-6H,2,7-12H2,1H3,(H,21,22,24)/p+1. The zero-order valence-corrected chi connectivity index (χ0v) is 14.6. The van der Waals surface area contributed by atoms with Crippen LogP contribution in [0.2, 0.25) is 0 Å². The first-order chi connectivity index (χ1) is 12.4. The molecule has 1 aliphatic heterocycles. The minimum Gasteiger partial charge on any atom is -0.465 e. The number of aliphatic imine (C=N–C) groups is 1. The Morgan fingerprint density at radius 3 is 2.50 bits per heavy atom. The van der Waals surface area contributed by atoms with Crippen molar-refractivity contribution in [3.63, 3.8) is 0 Å². The number of amides is 1. The topological polar surface area (TPSA) is 64.4 Å². The van der Waals surface area contributed by atoms with Gasteiger partial charge in [-0.05, 0) is 31.2 Å². The normalized spacial score (nSPS) is 16.4. The molecule has 0 atom stereocenters. The monoisotopic (exact) mass is 374 g/mol. The summed E-state index contributed by atoms with van der Waals surface area (Å²) in [5, 5.41) is 2.50. The molecular formula is C17H23F3N3O3+. The number of morpholine rings is 1. The highest BCUT2D eigenvalue weighted by Gasteiger charge is 2.30. The number of benzene rings is 1. The molecule has 0 saturated carbocycles. The summed E-state index contributed by atoms with van der Waals surface area (Å²) in [7, 11) is 0. The summed E-state index contributed by atoms with van der Waals surface area (Å²) < 4.78 is 48.3. The van der Waals surface area contributed by atoms with Gasteiger partial charge in [-0.2, -0.15) is 13.2 Å². The highest BCUT2D eigenvalue weighted by molar-refractivity contribution is 6.04. The van der Waals surface area contributed by atoms with E-state index in [2.05, 4.69) is 10.3 Å². The minimum absolute atomic E-state index is 0.0741. The second-order valence-corrected chi connectivity index (χ2v) is 5.76. The van der Waals surface area contributed by atoms with Gasteiger partial charge in [-0.25, -0.2) is 4.99 Å². The van der Waals surface area contributed by atoms with Crippen LogP contribution in [-0.2, 0) is 15.7 Å². The van der Waals surface area contributed by atoms with Crippen molar-refractivity contribution in [1.82, 2.24) is 5.32 Å². The van der Waals surface area contributed by atoms with Gasteiger partial charge in [-0.3, -0.25) is 10.1 Å². The van der Waals surface area contributed by atoms with Gasteiger partial charge in [0.2, 0.25) is 0 Å². The van der Waals surface area contributed by atoms with E-state index in [-0.39, 0.29) is 11.6 Å². The predicted octanol–water partition coefficient (Wildman–Crippen LogP) is 0.743. The highest BCUT2D eigenvalue weighted by atomic mass is 19.4. The Hall–Kier alpha value is -2.13. The lowest BCUT2D eigenvalue weighted by molar-refractivity contribution is -0.906. The minimum atomic E-state index is -4.44. The fourth-order valence-corrected chi connectivity index (χ4v) is 2.46. The van der Waals surface area contributed by atoms with Crippen molar-refractivity contribution in [3.8, 4) is 0 Å². The Labute approximate surface area is 150 Å². The van der Waals surface area contributed by atoms with Crippen LogP contribution < -0.4 is 10.2 Å². The van der Waals surface area contributed by atoms with Gasteiger partial charge in [0.25, 0.3) is 11.9 Å². The van der Waals surface area contributed by atoms with E-state index in [4.69, 9.17) is 9.47 Å². The van der Waals surface area contributed by atoms with Crippen LogP contribution in [0.25, 0.3) is 0 Å². The van der Waals surface area contributed by atoms with E-state index in [9.17, 15) is 18.0 Å². The maximum absolute atomic E-state index is 12.6. The first-order valence-corrected chi connectivity index (χ1v) is 8.47. The quantitative estimate of drug-likeness (QED) is 0.590. The average molecular weight is 374 g/mol. The summed E-state index contributed by atoms with van der Waals surface area (Å²) in [5.41, 5.74) is -0.703. The number of nitrogens with zero attached hydrogens (tertiary/aromatic N) is 1. The Morgan fingerprint density at radius 2 is 1.92 bits per heavy atom. The molecule has 1 aromatic carbocycles. The van der Waals surface area contributed by atoms with E-state index >= 15 is 0 Å². The molecule has 1 saturated heterocycles. The van der Waals surface area contributed by atoms with Gasteiger partial charge >= 0.3 is 6.18 Å². The molecule has 0 aromatic heterocycles. The molecule has 0 unspecified atom stereocenters. The van der Waals surface area contributed by atoms with Crippen molar-refractivity contribution in [3.05, 3.63) is 35.4 Å². The molecule has 9 heteroatoms. The van der Waals surface area contributed by atoms with Crippen LogP contribution in [-0.4, -0.2) is 57.9 Å². The number of carbonyl (C=O) groups excluding carboxylic acids is 1. The van der Waals surface area contributed by atoms with Gasteiger partial charge in [0.05, 0.1) is 38.5 Å². The molecule has 0 spiro atoms. The Balaban J connectivity index is 1.92. The van der Waals surface area contributed by atoms with Crippen molar-refractivity contribution < 1.29 is 32.3 Å². The third-order valence-electron chi connectivity index (χ3n) is 3.90. The number of ether oxygens (including phenoxy) is 2. The Morgan fingerprint density at radius 1 is 1.27 bits per heavy atom. The van der Waals surface area contributed by atoms with Gasteiger partial charge in [0, 0.05) is 5.56 Å². The molecule has 0 aliphatic carbocycles. The summed E-state index contributed by atoms with van der Waals surface area (Å²) in [4.78, 5) is 17.8. The fraction of sp³-hybridized carbons (Fsp3) is 0.529. The number of hydrogen-bond acceptors (Lipinski definition) is 4. The number of nitrogens with one attached hydrogen (secondary N) is 2. The summed E-state index contributed by atoms with van der Waals surface area (Å²) in [6.07, 6.45) is -4.44. The maximum Gasteiger partial charge on any atom is 0.416 e. The molecule has 2 N–H and O–H groups in total. The summed E-state index contributed by atoms with van der Waals surface area (Å²) in [6.45, 7) is 6.61. The number of rotatable bonds is 5. The summed E-state index contributed by atoms with van der Waals surface area (Å²) in [6, 6.07) is 4.06. The molecule has 0 radical (unpaired) electrons. The molecule has 2 rings (SSSR count). The van der Waals surface area contributed by atoms with Crippen LogP contribution in [0.3, 0.4) is 0 Å². The zero-order chi connectivity index (χ0) is 19.0. The van der Waals surface area contributed by atoms with Gasteiger partial charge in [0.15, 0.2) is 0 Å².